The smallest absolute Gasteiger partial charge is 0.124 e. The minimum Gasteiger partial charge on any atom is -0.399 e. The number of nitrogens with zero attached hydrogens (tertiary/aromatic N) is 2. The van der Waals surface area contributed by atoms with Gasteiger partial charge in [-0.25, -0.2) is 4.98 Å². The van der Waals surface area contributed by atoms with Crippen molar-refractivity contribution in [2.75, 3.05) is 32.5 Å². The standard InChI is InChI=1S/C14H17N3OS/c1-17-5-6-18-13(8-17)14-16-12(9-19-14)10-3-2-4-11(15)7-10/h2-4,7,9,13H,5-6,8,15H2,1H3. The molecule has 2 aromatic rings. The largest absolute Gasteiger partial charge is 0.399 e. The Labute approximate surface area is 116 Å². The molecule has 100 valence electrons. The number of nitrogens with two attached hydrogens (primary N) is 1. The molecule has 3 rings (SSSR count). The van der Waals surface area contributed by atoms with Gasteiger partial charge in [-0.05, 0) is 19.2 Å². The van der Waals surface area contributed by atoms with E-state index in [1.807, 2.05) is 24.3 Å². The van der Waals surface area contributed by atoms with Crippen molar-refractivity contribution in [3.05, 3.63) is 34.7 Å². The summed E-state index contributed by atoms with van der Waals surface area (Å²) in [4.78, 5) is 6.96. The molecule has 4 nitrogen and oxygen atoms in total. The summed E-state index contributed by atoms with van der Waals surface area (Å²) in [5.41, 5.74) is 8.61. The number of likely N-dealkylation sites (N-methyl/N-ethyl adjacent to an activating group) is 1. The van der Waals surface area contributed by atoms with Crippen LogP contribution >= 0.6 is 11.3 Å². The Morgan fingerprint density at radius 3 is 3.16 bits per heavy atom. The number of anilines is 1. The molecule has 1 unspecified atom stereocenters. The van der Waals surface area contributed by atoms with Gasteiger partial charge in [0.1, 0.15) is 11.1 Å². The highest BCUT2D eigenvalue weighted by Gasteiger charge is 2.22. The minimum atomic E-state index is 0.0959. The van der Waals surface area contributed by atoms with Gasteiger partial charge in [0.25, 0.3) is 0 Å². The van der Waals surface area contributed by atoms with E-state index in [9.17, 15) is 0 Å². The SMILES string of the molecule is CN1CCOC(c2nc(-c3cccc(N)c3)cs2)C1. The second-order valence-corrected chi connectivity index (χ2v) is 5.71. The van der Waals surface area contributed by atoms with Crippen LogP contribution in [0.5, 0.6) is 0 Å². The van der Waals surface area contributed by atoms with Gasteiger partial charge in [0.05, 0.1) is 12.3 Å². The Morgan fingerprint density at radius 2 is 2.37 bits per heavy atom. The van der Waals surface area contributed by atoms with Crippen LogP contribution in [-0.2, 0) is 4.74 Å². The van der Waals surface area contributed by atoms with Gasteiger partial charge >= 0.3 is 0 Å². The van der Waals surface area contributed by atoms with E-state index >= 15 is 0 Å². The Bertz CT molecular complexity index is 569. The summed E-state index contributed by atoms with van der Waals surface area (Å²) in [6.07, 6.45) is 0.0959. The van der Waals surface area contributed by atoms with Crippen LogP contribution in [0.2, 0.25) is 0 Å². The first-order valence-corrected chi connectivity index (χ1v) is 7.22. The Morgan fingerprint density at radius 1 is 1.47 bits per heavy atom. The lowest BCUT2D eigenvalue weighted by atomic mass is 10.1. The summed E-state index contributed by atoms with van der Waals surface area (Å²) in [5, 5.41) is 3.12. The molecule has 1 atom stereocenters. The van der Waals surface area contributed by atoms with Crippen molar-refractivity contribution in [1.29, 1.82) is 0 Å². The lowest BCUT2D eigenvalue weighted by Crippen LogP contribution is -2.35. The molecule has 0 bridgehead atoms. The molecular formula is C14H17N3OS. The molecule has 19 heavy (non-hydrogen) atoms. The summed E-state index contributed by atoms with van der Waals surface area (Å²) in [6, 6.07) is 7.82. The summed E-state index contributed by atoms with van der Waals surface area (Å²) in [6.45, 7) is 2.67. The highest BCUT2D eigenvalue weighted by molar-refractivity contribution is 7.10. The molecule has 5 heteroatoms. The van der Waals surface area contributed by atoms with Gasteiger partial charge in [0.2, 0.25) is 0 Å². The maximum Gasteiger partial charge on any atom is 0.124 e. The fourth-order valence-electron chi connectivity index (χ4n) is 2.19. The van der Waals surface area contributed by atoms with Crippen LogP contribution in [0.1, 0.15) is 11.1 Å². The van der Waals surface area contributed by atoms with E-state index in [-0.39, 0.29) is 6.10 Å². The molecule has 0 radical (unpaired) electrons. The summed E-state index contributed by atoms with van der Waals surface area (Å²) in [7, 11) is 2.11. The predicted octanol–water partition coefficient (Wildman–Crippen LogP) is 2.40. The first-order valence-electron chi connectivity index (χ1n) is 6.34. The van der Waals surface area contributed by atoms with Crippen LogP contribution in [0.3, 0.4) is 0 Å². The first kappa shape index (κ1) is 12.6. The zero-order valence-corrected chi connectivity index (χ0v) is 11.7. The number of rotatable bonds is 2. The normalized spacial score (nSPS) is 20.6. The average molecular weight is 275 g/mol. The van der Waals surface area contributed by atoms with Crippen LogP contribution in [0.15, 0.2) is 29.6 Å². The van der Waals surface area contributed by atoms with Crippen molar-refractivity contribution < 1.29 is 4.74 Å². The molecule has 0 amide bonds. The molecule has 0 spiro atoms. The van der Waals surface area contributed by atoms with Crippen LogP contribution in [-0.4, -0.2) is 36.6 Å². The van der Waals surface area contributed by atoms with E-state index < -0.39 is 0 Å². The van der Waals surface area contributed by atoms with E-state index in [1.54, 1.807) is 11.3 Å². The summed E-state index contributed by atoms with van der Waals surface area (Å²) >= 11 is 1.66. The molecule has 1 fully saturated rings. The predicted molar refractivity (Wildman–Crippen MR) is 78.2 cm³/mol. The van der Waals surface area contributed by atoms with E-state index in [4.69, 9.17) is 15.5 Å². The zero-order valence-electron chi connectivity index (χ0n) is 10.9. The fraction of sp³-hybridized carbons (Fsp3) is 0.357. The van der Waals surface area contributed by atoms with Gasteiger partial charge in [-0.15, -0.1) is 11.3 Å². The molecule has 1 saturated heterocycles. The van der Waals surface area contributed by atoms with E-state index in [0.29, 0.717) is 0 Å². The number of thiazole rings is 1. The van der Waals surface area contributed by atoms with Gasteiger partial charge in [-0.3, -0.25) is 0 Å². The van der Waals surface area contributed by atoms with Crippen molar-refractivity contribution in [2.24, 2.45) is 0 Å². The summed E-state index contributed by atoms with van der Waals surface area (Å²) < 4.78 is 5.79. The third-order valence-electron chi connectivity index (χ3n) is 3.25. The lowest BCUT2D eigenvalue weighted by Gasteiger charge is -2.28. The molecule has 2 N–H and O–H groups in total. The Balaban J connectivity index is 1.83. The van der Waals surface area contributed by atoms with Gasteiger partial charge in [0.15, 0.2) is 0 Å². The van der Waals surface area contributed by atoms with E-state index in [2.05, 4.69) is 17.3 Å². The van der Waals surface area contributed by atoms with Crippen LogP contribution < -0.4 is 5.73 Å². The topological polar surface area (TPSA) is 51.4 Å². The number of morpholine rings is 1. The molecule has 1 aromatic carbocycles. The molecular weight excluding hydrogens is 258 g/mol. The highest BCUT2D eigenvalue weighted by Crippen LogP contribution is 2.29. The monoisotopic (exact) mass is 275 g/mol. The minimum absolute atomic E-state index is 0.0959. The van der Waals surface area contributed by atoms with Crippen molar-refractivity contribution in [3.8, 4) is 11.3 Å². The molecule has 0 aliphatic carbocycles. The quantitative estimate of drug-likeness (QED) is 0.855. The Kier molecular flexibility index (Phi) is 3.50. The molecule has 1 aliphatic rings. The van der Waals surface area contributed by atoms with E-state index in [1.165, 1.54) is 0 Å². The van der Waals surface area contributed by atoms with Crippen molar-refractivity contribution in [3.63, 3.8) is 0 Å². The number of aromatic nitrogens is 1. The number of ether oxygens (including phenoxy) is 1. The number of hydrogen-bond acceptors (Lipinski definition) is 5. The van der Waals surface area contributed by atoms with Crippen molar-refractivity contribution in [1.82, 2.24) is 9.88 Å². The van der Waals surface area contributed by atoms with Crippen LogP contribution in [0, 0.1) is 0 Å². The highest BCUT2D eigenvalue weighted by atomic mass is 32.1. The van der Waals surface area contributed by atoms with Crippen LogP contribution in [0.25, 0.3) is 11.3 Å². The van der Waals surface area contributed by atoms with Crippen molar-refractivity contribution >= 4 is 17.0 Å². The average Bonchev–Trinajstić information content (AvgIpc) is 2.88. The van der Waals surface area contributed by atoms with Gasteiger partial charge < -0.3 is 15.4 Å². The molecule has 1 aliphatic heterocycles. The maximum atomic E-state index is 5.81. The fourth-order valence-corrected chi connectivity index (χ4v) is 3.06. The zero-order chi connectivity index (χ0) is 13.2. The number of hydrogen-bond donors (Lipinski definition) is 1. The number of benzene rings is 1. The van der Waals surface area contributed by atoms with Crippen molar-refractivity contribution in [2.45, 2.75) is 6.10 Å². The third kappa shape index (κ3) is 2.78. The summed E-state index contributed by atoms with van der Waals surface area (Å²) in [5.74, 6) is 0. The molecule has 1 aromatic heterocycles. The van der Waals surface area contributed by atoms with E-state index in [0.717, 1.165) is 41.6 Å². The second kappa shape index (κ2) is 5.28. The third-order valence-corrected chi connectivity index (χ3v) is 4.19. The second-order valence-electron chi connectivity index (χ2n) is 4.82. The lowest BCUT2D eigenvalue weighted by molar-refractivity contribution is -0.0209. The van der Waals surface area contributed by atoms with Gasteiger partial charge in [0, 0.05) is 29.7 Å². The molecule has 2 heterocycles. The number of nitrogen functional groups attached to an aromatic ring is 1. The van der Waals surface area contributed by atoms with Gasteiger partial charge in [-0.2, -0.15) is 0 Å². The van der Waals surface area contributed by atoms with Gasteiger partial charge in [-0.1, -0.05) is 12.1 Å². The first-order chi connectivity index (χ1) is 9.22. The van der Waals surface area contributed by atoms with Crippen LogP contribution in [0.4, 0.5) is 5.69 Å². The molecule has 0 saturated carbocycles. The Hall–Kier alpha value is -1.43. The maximum absolute atomic E-state index is 5.81.